The summed E-state index contributed by atoms with van der Waals surface area (Å²) in [6, 6.07) is 19.0. The van der Waals surface area contributed by atoms with Gasteiger partial charge in [-0.05, 0) is 42.9 Å². The van der Waals surface area contributed by atoms with Crippen molar-refractivity contribution >= 4 is 17.7 Å². The molecule has 0 aromatic heterocycles. The van der Waals surface area contributed by atoms with Gasteiger partial charge in [0.15, 0.2) is 5.96 Å². The average Bonchev–Trinajstić information content (AvgIpc) is 3.30. The van der Waals surface area contributed by atoms with Crippen molar-refractivity contribution in [2.24, 2.45) is 10.9 Å². The number of rotatable bonds is 5. The lowest BCUT2D eigenvalue weighted by Gasteiger charge is -2.32. The number of methoxy groups -OCH3 is 1. The second kappa shape index (κ2) is 10.4. The Morgan fingerprint density at radius 2 is 1.90 bits per heavy atom. The quantitative estimate of drug-likeness (QED) is 0.581. The monoisotopic (exact) mass is 418 g/mol. The molecule has 0 aliphatic carbocycles. The molecule has 0 saturated carbocycles. The number of nitrogens with one attached hydrogen (secondary N) is 1. The highest BCUT2D eigenvalue weighted by Crippen LogP contribution is 2.27. The smallest absolute Gasteiger partial charge is 0.193 e. The topological polar surface area (TPSA) is 40.1 Å². The second-order valence-electron chi connectivity index (χ2n) is 8.43. The fraction of sp³-hybridized carbons (Fsp3) is 0.423. The molecular formula is C26H34N4O. The highest BCUT2D eigenvalue weighted by molar-refractivity contribution is 5.80. The zero-order valence-electron chi connectivity index (χ0n) is 18.8. The molecule has 0 spiro atoms. The Morgan fingerprint density at radius 1 is 1.10 bits per heavy atom. The fourth-order valence-electron chi connectivity index (χ4n) is 4.54. The average molecular weight is 419 g/mol. The summed E-state index contributed by atoms with van der Waals surface area (Å²) in [5.74, 6) is 2.59. The van der Waals surface area contributed by atoms with Gasteiger partial charge in [-0.2, -0.15) is 0 Å². The van der Waals surface area contributed by atoms with Crippen molar-refractivity contribution in [1.82, 2.24) is 10.2 Å². The lowest BCUT2D eigenvalue weighted by Crippen LogP contribution is -2.46. The first-order valence-electron chi connectivity index (χ1n) is 11.3. The molecule has 5 heteroatoms. The molecule has 1 atom stereocenters. The summed E-state index contributed by atoms with van der Waals surface area (Å²) in [6.45, 7) is 5.19. The minimum absolute atomic E-state index is 0.626. The molecule has 0 amide bonds. The van der Waals surface area contributed by atoms with E-state index in [1.54, 1.807) is 7.11 Å². The number of ether oxygens (including phenoxy) is 1. The van der Waals surface area contributed by atoms with E-state index < -0.39 is 0 Å². The zero-order valence-corrected chi connectivity index (χ0v) is 18.8. The number of likely N-dealkylation sites (tertiary alicyclic amines) is 1. The predicted molar refractivity (Wildman–Crippen MR) is 130 cm³/mol. The molecule has 31 heavy (non-hydrogen) atoms. The van der Waals surface area contributed by atoms with Crippen molar-refractivity contribution < 1.29 is 4.74 Å². The molecule has 5 nitrogen and oxygen atoms in total. The van der Waals surface area contributed by atoms with E-state index in [2.05, 4.69) is 74.7 Å². The molecule has 164 valence electrons. The van der Waals surface area contributed by atoms with Gasteiger partial charge < -0.3 is 19.9 Å². The van der Waals surface area contributed by atoms with Gasteiger partial charge in [-0.1, -0.05) is 48.0 Å². The van der Waals surface area contributed by atoms with Crippen molar-refractivity contribution in [3.05, 3.63) is 65.7 Å². The van der Waals surface area contributed by atoms with E-state index in [1.165, 1.54) is 23.2 Å². The van der Waals surface area contributed by atoms with Gasteiger partial charge in [0.25, 0.3) is 0 Å². The van der Waals surface area contributed by atoms with E-state index in [4.69, 9.17) is 4.74 Å². The first-order valence-corrected chi connectivity index (χ1v) is 11.3. The van der Waals surface area contributed by atoms with Crippen LogP contribution in [0.2, 0.25) is 0 Å². The van der Waals surface area contributed by atoms with Gasteiger partial charge in [0.05, 0.1) is 7.11 Å². The van der Waals surface area contributed by atoms with Crippen LogP contribution in [0, 0.1) is 5.92 Å². The number of piperidine rings is 1. The van der Waals surface area contributed by atoms with Crippen LogP contribution in [-0.2, 0) is 0 Å². The van der Waals surface area contributed by atoms with E-state index in [-0.39, 0.29) is 0 Å². The van der Waals surface area contributed by atoms with E-state index in [9.17, 15) is 0 Å². The summed E-state index contributed by atoms with van der Waals surface area (Å²) in [5.41, 5.74) is 4.08. The SMILES string of the molecule is CN=C(NCC1CCN(c2cccc(OC)c2)C1)N1CCC(=Cc2ccccc2)CC1. The van der Waals surface area contributed by atoms with Gasteiger partial charge in [-0.15, -0.1) is 0 Å². The van der Waals surface area contributed by atoms with Crippen LogP contribution >= 0.6 is 0 Å². The van der Waals surface area contributed by atoms with Crippen LogP contribution in [0.1, 0.15) is 24.8 Å². The number of guanidine groups is 1. The maximum Gasteiger partial charge on any atom is 0.193 e. The predicted octanol–water partition coefficient (Wildman–Crippen LogP) is 4.28. The maximum atomic E-state index is 5.38. The molecule has 2 saturated heterocycles. The molecule has 2 aliphatic heterocycles. The van der Waals surface area contributed by atoms with Crippen LogP contribution in [-0.4, -0.2) is 57.7 Å². The lowest BCUT2D eigenvalue weighted by atomic mass is 10.0. The Bertz CT molecular complexity index is 899. The largest absolute Gasteiger partial charge is 0.497 e. The molecule has 0 radical (unpaired) electrons. The summed E-state index contributed by atoms with van der Waals surface area (Å²) < 4.78 is 5.38. The number of nitrogens with zero attached hydrogens (tertiary/aromatic N) is 3. The summed E-state index contributed by atoms with van der Waals surface area (Å²) in [7, 11) is 3.62. The summed E-state index contributed by atoms with van der Waals surface area (Å²) >= 11 is 0. The van der Waals surface area contributed by atoms with E-state index in [0.717, 1.165) is 57.3 Å². The van der Waals surface area contributed by atoms with Gasteiger partial charge in [0.1, 0.15) is 5.75 Å². The Kier molecular flexibility index (Phi) is 7.13. The van der Waals surface area contributed by atoms with Crippen LogP contribution in [0.4, 0.5) is 5.69 Å². The first-order chi connectivity index (χ1) is 15.2. The van der Waals surface area contributed by atoms with Crippen LogP contribution < -0.4 is 15.0 Å². The van der Waals surface area contributed by atoms with Crippen LogP contribution in [0.15, 0.2) is 65.2 Å². The van der Waals surface area contributed by atoms with Gasteiger partial charge in [0, 0.05) is 51.5 Å². The number of anilines is 1. The van der Waals surface area contributed by atoms with E-state index >= 15 is 0 Å². The minimum Gasteiger partial charge on any atom is -0.497 e. The Morgan fingerprint density at radius 3 is 2.65 bits per heavy atom. The van der Waals surface area contributed by atoms with E-state index in [1.807, 2.05) is 13.1 Å². The molecule has 2 aliphatic rings. The third-order valence-corrected chi connectivity index (χ3v) is 6.34. The molecule has 1 unspecified atom stereocenters. The number of aliphatic imine (C=N–C) groups is 1. The van der Waals surface area contributed by atoms with Crippen molar-refractivity contribution in [2.45, 2.75) is 19.3 Å². The highest BCUT2D eigenvalue weighted by atomic mass is 16.5. The van der Waals surface area contributed by atoms with Gasteiger partial charge in [0.2, 0.25) is 0 Å². The standard InChI is InChI=1S/C26H34N4O/c1-27-26(29-14-11-22(12-15-29)17-21-7-4-3-5-8-21)28-19-23-13-16-30(20-23)24-9-6-10-25(18-24)31-2/h3-10,17-18,23H,11-16,19-20H2,1-2H3,(H,27,28). The van der Waals surface area contributed by atoms with Crippen molar-refractivity contribution in [1.29, 1.82) is 0 Å². The van der Waals surface area contributed by atoms with Crippen molar-refractivity contribution in [2.75, 3.05) is 51.8 Å². The second-order valence-corrected chi connectivity index (χ2v) is 8.43. The summed E-state index contributed by atoms with van der Waals surface area (Å²) in [5, 5.41) is 3.65. The molecule has 2 heterocycles. The number of hydrogen-bond donors (Lipinski definition) is 1. The molecule has 4 rings (SSSR count). The maximum absolute atomic E-state index is 5.38. The third-order valence-electron chi connectivity index (χ3n) is 6.34. The molecule has 0 bridgehead atoms. The number of benzene rings is 2. The highest BCUT2D eigenvalue weighted by Gasteiger charge is 2.24. The van der Waals surface area contributed by atoms with Gasteiger partial charge in [-0.25, -0.2) is 0 Å². The normalized spacial score (nSPS) is 19.5. The molecule has 1 N–H and O–H groups in total. The fourth-order valence-corrected chi connectivity index (χ4v) is 4.54. The molecule has 2 fully saturated rings. The van der Waals surface area contributed by atoms with Crippen LogP contribution in [0.5, 0.6) is 5.75 Å². The number of hydrogen-bond acceptors (Lipinski definition) is 3. The third kappa shape index (κ3) is 5.60. The molecule has 2 aromatic rings. The van der Waals surface area contributed by atoms with Crippen molar-refractivity contribution in [3.63, 3.8) is 0 Å². The lowest BCUT2D eigenvalue weighted by molar-refractivity contribution is 0.372. The minimum atomic E-state index is 0.626. The summed E-state index contributed by atoms with van der Waals surface area (Å²) in [6.07, 6.45) is 5.75. The van der Waals surface area contributed by atoms with Crippen LogP contribution in [0.25, 0.3) is 6.08 Å². The van der Waals surface area contributed by atoms with Gasteiger partial charge in [-0.3, -0.25) is 4.99 Å². The summed E-state index contributed by atoms with van der Waals surface area (Å²) in [4.78, 5) is 9.42. The van der Waals surface area contributed by atoms with Gasteiger partial charge >= 0.3 is 0 Å². The molecule has 2 aromatic carbocycles. The first kappa shape index (κ1) is 21.3. The molecular weight excluding hydrogens is 384 g/mol. The van der Waals surface area contributed by atoms with E-state index in [0.29, 0.717) is 5.92 Å². The zero-order chi connectivity index (χ0) is 21.5. The Hall–Kier alpha value is -2.95. The van der Waals surface area contributed by atoms with Crippen LogP contribution in [0.3, 0.4) is 0 Å². The van der Waals surface area contributed by atoms with Crippen molar-refractivity contribution in [3.8, 4) is 5.75 Å². The Labute approximate surface area is 186 Å². The Balaban J connectivity index is 1.25.